The average Bonchev–Trinajstić information content (AvgIpc) is 3.13. The monoisotopic (exact) mass is 301 g/mol. The van der Waals surface area contributed by atoms with Crippen LogP contribution in [-0.4, -0.2) is 25.2 Å². The summed E-state index contributed by atoms with van der Waals surface area (Å²) in [5, 5.41) is 7.39. The third-order valence-corrected chi connectivity index (χ3v) is 4.03. The molecule has 1 aliphatic rings. The molecule has 1 saturated carbocycles. The average molecular weight is 301 g/mol. The van der Waals surface area contributed by atoms with Crippen LogP contribution in [0, 0.1) is 13.8 Å². The summed E-state index contributed by atoms with van der Waals surface area (Å²) in [4.78, 5) is 16.1. The largest absolute Gasteiger partial charge is 0.350 e. The van der Waals surface area contributed by atoms with Gasteiger partial charge in [-0.2, -0.15) is 5.10 Å². The lowest BCUT2D eigenvalue weighted by atomic mass is 10.3. The van der Waals surface area contributed by atoms with Crippen LogP contribution in [0.5, 0.6) is 0 Å². The second-order valence-electron chi connectivity index (χ2n) is 6.05. The summed E-state index contributed by atoms with van der Waals surface area (Å²) in [7, 11) is 0. The van der Waals surface area contributed by atoms with Crippen molar-refractivity contribution in [3.63, 3.8) is 0 Å². The topological polar surface area (TPSA) is 64.7 Å². The number of nitrogens with one attached hydrogen (secondary N) is 1. The lowest BCUT2D eigenvalue weighted by molar-refractivity contribution is -0.121. The number of hydrogen-bond acceptors (Lipinski definition) is 3. The zero-order valence-electron chi connectivity index (χ0n) is 13.2. The molecule has 6 heteroatoms. The van der Waals surface area contributed by atoms with Gasteiger partial charge in [-0.3, -0.25) is 9.48 Å². The fraction of sp³-hybridized carbons (Fsp3) is 0.562. The van der Waals surface area contributed by atoms with E-state index in [0.29, 0.717) is 19.0 Å². The maximum atomic E-state index is 11.9. The lowest BCUT2D eigenvalue weighted by Gasteiger charge is -2.08. The number of imidazole rings is 1. The molecule has 2 aromatic heterocycles. The molecule has 0 atom stereocenters. The summed E-state index contributed by atoms with van der Waals surface area (Å²) in [5.41, 5.74) is 3.26. The van der Waals surface area contributed by atoms with Gasteiger partial charge in [0.15, 0.2) is 0 Å². The van der Waals surface area contributed by atoms with Crippen molar-refractivity contribution in [3.05, 3.63) is 35.7 Å². The highest BCUT2D eigenvalue weighted by Crippen LogP contribution is 2.35. The Hall–Kier alpha value is -2.11. The minimum absolute atomic E-state index is 0.0880. The standard InChI is InChI=1S/C16H23N5O/c1-12-8-13(2)21(19-12)7-3-4-16(22)18-10-15-9-17-11-20(15)14-5-6-14/h8-9,11,14H,3-7,10H2,1-2H3,(H,18,22). The second-order valence-corrected chi connectivity index (χ2v) is 6.05. The molecular weight excluding hydrogens is 278 g/mol. The van der Waals surface area contributed by atoms with E-state index < -0.39 is 0 Å². The molecule has 1 N–H and O–H groups in total. The van der Waals surface area contributed by atoms with E-state index in [-0.39, 0.29) is 5.91 Å². The SMILES string of the molecule is Cc1cc(C)n(CCCC(=O)NCc2cncn2C2CC2)n1. The zero-order valence-corrected chi connectivity index (χ0v) is 13.2. The van der Waals surface area contributed by atoms with Gasteiger partial charge in [-0.05, 0) is 39.2 Å². The maximum absolute atomic E-state index is 11.9. The highest BCUT2D eigenvalue weighted by Gasteiger charge is 2.25. The van der Waals surface area contributed by atoms with Gasteiger partial charge in [-0.1, -0.05) is 0 Å². The first-order valence-corrected chi connectivity index (χ1v) is 7.92. The quantitative estimate of drug-likeness (QED) is 0.852. The van der Waals surface area contributed by atoms with Crippen molar-refractivity contribution in [3.8, 4) is 0 Å². The van der Waals surface area contributed by atoms with Crippen molar-refractivity contribution in [2.45, 2.75) is 58.7 Å². The number of hydrogen-bond donors (Lipinski definition) is 1. The number of aryl methyl sites for hydroxylation is 3. The van der Waals surface area contributed by atoms with E-state index >= 15 is 0 Å². The van der Waals surface area contributed by atoms with Gasteiger partial charge in [0.05, 0.1) is 24.3 Å². The van der Waals surface area contributed by atoms with Gasteiger partial charge < -0.3 is 9.88 Å². The molecule has 0 spiro atoms. The highest BCUT2D eigenvalue weighted by molar-refractivity contribution is 5.75. The van der Waals surface area contributed by atoms with Crippen molar-refractivity contribution >= 4 is 5.91 Å². The van der Waals surface area contributed by atoms with Crippen molar-refractivity contribution in [1.29, 1.82) is 0 Å². The van der Waals surface area contributed by atoms with Crippen molar-refractivity contribution in [2.75, 3.05) is 0 Å². The Labute approximate surface area is 130 Å². The molecule has 0 unspecified atom stereocenters. The van der Waals surface area contributed by atoms with Gasteiger partial charge >= 0.3 is 0 Å². The van der Waals surface area contributed by atoms with Crippen LogP contribution in [0.4, 0.5) is 0 Å². The first-order chi connectivity index (χ1) is 10.6. The van der Waals surface area contributed by atoms with Crippen molar-refractivity contribution < 1.29 is 4.79 Å². The molecule has 6 nitrogen and oxygen atoms in total. The molecule has 0 bridgehead atoms. The lowest BCUT2D eigenvalue weighted by Crippen LogP contribution is -2.24. The summed E-state index contributed by atoms with van der Waals surface area (Å²) in [6, 6.07) is 2.65. The van der Waals surface area contributed by atoms with Crippen molar-refractivity contribution in [1.82, 2.24) is 24.6 Å². The first-order valence-electron chi connectivity index (χ1n) is 7.92. The molecule has 0 radical (unpaired) electrons. The predicted molar refractivity (Wildman–Crippen MR) is 83.3 cm³/mol. The minimum Gasteiger partial charge on any atom is -0.350 e. The summed E-state index contributed by atoms with van der Waals surface area (Å²) in [6.07, 6.45) is 7.47. The molecule has 1 aliphatic carbocycles. The van der Waals surface area contributed by atoms with Crippen LogP contribution in [0.3, 0.4) is 0 Å². The predicted octanol–water partition coefficient (Wildman–Crippen LogP) is 2.13. The number of carbonyl (C=O) groups is 1. The van der Waals surface area contributed by atoms with E-state index in [4.69, 9.17) is 0 Å². The first kappa shape index (κ1) is 14.8. The number of rotatable bonds is 7. The summed E-state index contributed by atoms with van der Waals surface area (Å²) in [5.74, 6) is 0.0880. The van der Waals surface area contributed by atoms with Crippen LogP contribution in [-0.2, 0) is 17.9 Å². The molecule has 1 amide bonds. The van der Waals surface area contributed by atoms with Crippen LogP contribution in [0.25, 0.3) is 0 Å². The van der Waals surface area contributed by atoms with Crippen LogP contribution in [0.15, 0.2) is 18.6 Å². The molecule has 118 valence electrons. The van der Waals surface area contributed by atoms with Gasteiger partial charge in [0, 0.05) is 30.9 Å². The number of nitrogens with zero attached hydrogens (tertiary/aromatic N) is 4. The van der Waals surface area contributed by atoms with Gasteiger partial charge in [-0.25, -0.2) is 4.98 Å². The molecular formula is C16H23N5O. The van der Waals surface area contributed by atoms with Crippen LogP contribution < -0.4 is 5.32 Å². The van der Waals surface area contributed by atoms with E-state index in [2.05, 4.69) is 26.0 Å². The van der Waals surface area contributed by atoms with Gasteiger partial charge in [-0.15, -0.1) is 0 Å². The van der Waals surface area contributed by atoms with E-state index in [1.807, 2.05) is 31.1 Å². The molecule has 2 heterocycles. The fourth-order valence-electron chi connectivity index (χ4n) is 2.72. The zero-order chi connectivity index (χ0) is 15.5. The van der Waals surface area contributed by atoms with E-state index in [0.717, 1.165) is 30.0 Å². The van der Waals surface area contributed by atoms with E-state index in [1.54, 1.807) is 0 Å². The summed E-state index contributed by atoms with van der Waals surface area (Å²) >= 11 is 0. The highest BCUT2D eigenvalue weighted by atomic mass is 16.1. The van der Waals surface area contributed by atoms with Crippen LogP contribution >= 0.6 is 0 Å². The number of carbonyl (C=O) groups excluding carboxylic acids is 1. The molecule has 22 heavy (non-hydrogen) atoms. The summed E-state index contributed by atoms with van der Waals surface area (Å²) in [6.45, 7) is 5.38. The number of amides is 1. The summed E-state index contributed by atoms with van der Waals surface area (Å²) < 4.78 is 4.14. The Bertz CT molecular complexity index is 653. The van der Waals surface area contributed by atoms with Crippen molar-refractivity contribution in [2.24, 2.45) is 0 Å². The smallest absolute Gasteiger partial charge is 0.220 e. The van der Waals surface area contributed by atoms with E-state index in [9.17, 15) is 4.79 Å². The molecule has 2 aromatic rings. The third-order valence-electron chi connectivity index (χ3n) is 4.03. The second kappa shape index (κ2) is 6.34. The Morgan fingerprint density at radius 2 is 2.23 bits per heavy atom. The number of aromatic nitrogens is 4. The maximum Gasteiger partial charge on any atom is 0.220 e. The Kier molecular flexibility index (Phi) is 4.27. The van der Waals surface area contributed by atoms with Crippen LogP contribution in [0.1, 0.15) is 48.8 Å². The molecule has 0 saturated heterocycles. The van der Waals surface area contributed by atoms with Gasteiger partial charge in [0.25, 0.3) is 0 Å². The van der Waals surface area contributed by atoms with Gasteiger partial charge in [0.2, 0.25) is 5.91 Å². The Balaban J connectivity index is 1.41. The van der Waals surface area contributed by atoms with Crippen LogP contribution in [0.2, 0.25) is 0 Å². The Morgan fingerprint density at radius 1 is 1.41 bits per heavy atom. The molecule has 1 fully saturated rings. The molecule has 0 aliphatic heterocycles. The fourth-order valence-corrected chi connectivity index (χ4v) is 2.72. The normalized spacial score (nSPS) is 14.3. The third kappa shape index (κ3) is 3.55. The minimum atomic E-state index is 0.0880. The van der Waals surface area contributed by atoms with Gasteiger partial charge in [0.1, 0.15) is 0 Å². The molecule has 0 aromatic carbocycles. The Morgan fingerprint density at radius 3 is 2.91 bits per heavy atom. The molecule has 3 rings (SSSR count). The van der Waals surface area contributed by atoms with E-state index in [1.165, 1.54) is 12.8 Å².